The molecule has 0 spiro atoms. The molecule has 0 amide bonds. The van der Waals surface area contributed by atoms with Crippen molar-refractivity contribution in [2.45, 2.75) is 20.2 Å². The number of carbonyl (C=O) groups is 1. The summed E-state index contributed by atoms with van der Waals surface area (Å²) in [4.78, 5) is 11.7. The maximum absolute atomic E-state index is 12.0. The van der Waals surface area contributed by atoms with Gasteiger partial charge < -0.3 is 4.74 Å². The molecule has 1 aromatic rings. The third kappa shape index (κ3) is 3.93. The molecule has 0 fully saturated rings. The van der Waals surface area contributed by atoms with E-state index in [0.717, 1.165) is 12.1 Å². The van der Waals surface area contributed by atoms with Crippen molar-refractivity contribution in [2.75, 3.05) is 0 Å². The topological polar surface area (TPSA) is 26.3 Å². The van der Waals surface area contributed by atoms with Crippen LogP contribution in [-0.4, -0.2) is 12.1 Å². The molecule has 0 saturated heterocycles. The summed E-state index contributed by atoms with van der Waals surface area (Å²) < 4.78 is 39.7. The molecule has 17 heavy (non-hydrogen) atoms. The molecule has 0 radical (unpaired) electrons. The number of alkyl halides is 3. The fraction of sp³-hybridized carbons (Fsp3) is 0.364. The van der Waals surface area contributed by atoms with Crippen LogP contribution in [0, 0.1) is 5.92 Å². The smallest absolute Gasteiger partial charge is 0.406 e. The first-order valence-electron chi connectivity index (χ1n) is 4.80. The third-order valence-corrected chi connectivity index (χ3v) is 2.29. The molecule has 0 bridgehead atoms. The van der Waals surface area contributed by atoms with E-state index in [9.17, 15) is 18.0 Å². The summed E-state index contributed by atoms with van der Waals surface area (Å²) in [6.45, 7) is 3.27. The second kappa shape index (κ2) is 4.96. The molecule has 6 heteroatoms. The summed E-state index contributed by atoms with van der Waals surface area (Å²) in [6.07, 6.45) is -4.79. The second-order valence-corrected chi connectivity index (χ2v) is 4.12. The van der Waals surface area contributed by atoms with Gasteiger partial charge in [0.15, 0.2) is 5.78 Å². The Kier molecular flexibility index (Phi) is 4.03. The van der Waals surface area contributed by atoms with Crippen molar-refractivity contribution >= 4 is 17.4 Å². The monoisotopic (exact) mass is 266 g/mol. The van der Waals surface area contributed by atoms with Gasteiger partial charge in [-0.3, -0.25) is 4.79 Å². The average molecular weight is 267 g/mol. The lowest BCUT2D eigenvalue weighted by Crippen LogP contribution is -2.17. The van der Waals surface area contributed by atoms with Crippen LogP contribution in [0.25, 0.3) is 0 Å². The molecule has 0 heterocycles. The van der Waals surface area contributed by atoms with Gasteiger partial charge in [-0.1, -0.05) is 25.4 Å². The van der Waals surface area contributed by atoms with Crippen molar-refractivity contribution in [3.8, 4) is 5.75 Å². The maximum Gasteiger partial charge on any atom is 0.573 e. The van der Waals surface area contributed by atoms with Crippen LogP contribution in [-0.2, 0) is 0 Å². The van der Waals surface area contributed by atoms with Crippen LogP contribution in [0.4, 0.5) is 13.2 Å². The van der Waals surface area contributed by atoms with E-state index in [2.05, 4.69) is 4.74 Å². The van der Waals surface area contributed by atoms with E-state index in [1.165, 1.54) is 6.07 Å². The molecule has 0 aromatic heterocycles. The van der Waals surface area contributed by atoms with Gasteiger partial charge in [0.05, 0.1) is 5.02 Å². The zero-order chi connectivity index (χ0) is 13.2. The van der Waals surface area contributed by atoms with Crippen molar-refractivity contribution < 1.29 is 22.7 Å². The summed E-state index contributed by atoms with van der Waals surface area (Å²) in [7, 11) is 0. The summed E-state index contributed by atoms with van der Waals surface area (Å²) in [6, 6.07) is 3.27. The van der Waals surface area contributed by atoms with Gasteiger partial charge in [-0.15, -0.1) is 13.2 Å². The van der Waals surface area contributed by atoms with E-state index < -0.39 is 12.1 Å². The fourth-order valence-electron chi connectivity index (χ4n) is 1.20. The maximum atomic E-state index is 12.0. The summed E-state index contributed by atoms with van der Waals surface area (Å²) in [5.74, 6) is -1.14. The first kappa shape index (κ1) is 13.8. The predicted molar refractivity (Wildman–Crippen MR) is 57.3 cm³/mol. The molecule has 94 valence electrons. The van der Waals surface area contributed by atoms with Crippen molar-refractivity contribution in [3.05, 3.63) is 28.8 Å². The first-order chi connectivity index (χ1) is 7.70. The van der Waals surface area contributed by atoms with E-state index in [-0.39, 0.29) is 22.3 Å². The van der Waals surface area contributed by atoms with E-state index in [0.29, 0.717) is 0 Å². The number of benzene rings is 1. The van der Waals surface area contributed by atoms with Gasteiger partial charge in [0.25, 0.3) is 0 Å². The lowest BCUT2D eigenvalue weighted by Gasteiger charge is -2.11. The minimum atomic E-state index is -4.79. The van der Waals surface area contributed by atoms with Crippen LogP contribution in [0.5, 0.6) is 5.75 Å². The van der Waals surface area contributed by atoms with Gasteiger partial charge in [0.2, 0.25) is 0 Å². The van der Waals surface area contributed by atoms with E-state index >= 15 is 0 Å². The van der Waals surface area contributed by atoms with Crippen LogP contribution < -0.4 is 4.74 Å². The number of Topliss-reactive ketones (excluding diaryl/α,β-unsaturated/α-hetero) is 1. The van der Waals surface area contributed by atoms with Gasteiger partial charge in [-0.2, -0.15) is 0 Å². The first-order valence-corrected chi connectivity index (χ1v) is 5.18. The van der Waals surface area contributed by atoms with Crippen LogP contribution in [0.2, 0.25) is 5.02 Å². The van der Waals surface area contributed by atoms with Gasteiger partial charge >= 0.3 is 6.36 Å². The van der Waals surface area contributed by atoms with Crippen LogP contribution in [0.15, 0.2) is 18.2 Å². The summed E-state index contributed by atoms with van der Waals surface area (Å²) in [5.41, 5.74) is 0.0309. The Balaban J connectivity index is 3.07. The molecule has 0 aliphatic carbocycles. The summed E-state index contributed by atoms with van der Waals surface area (Å²) >= 11 is 5.75. The predicted octanol–water partition coefficient (Wildman–Crippen LogP) is 4.08. The minimum Gasteiger partial charge on any atom is -0.406 e. The number of carbonyl (C=O) groups excluding carboxylic acids is 1. The third-order valence-electron chi connectivity index (χ3n) is 1.96. The lowest BCUT2D eigenvalue weighted by molar-refractivity contribution is -0.274. The Morgan fingerprint density at radius 2 is 1.94 bits per heavy atom. The van der Waals surface area contributed by atoms with Crippen LogP contribution >= 0.6 is 11.6 Å². The summed E-state index contributed by atoms with van der Waals surface area (Å²) in [5, 5.41) is 0.109. The molecule has 1 rings (SSSR count). The number of hydrogen-bond acceptors (Lipinski definition) is 2. The number of rotatable bonds is 3. The SMILES string of the molecule is CC(C)C(=O)c1cc(OC(F)(F)F)ccc1Cl. The molecule has 0 aliphatic heterocycles. The molecular weight excluding hydrogens is 257 g/mol. The van der Waals surface area contributed by atoms with Crippen molar-refractivity contribution in [3.63, 3.8) is 0 Å². The van der Waals surface area contributed by atoms with E-state index in [1.807, 2.05) is 0 Å². The Labute approximate surface area is 101 Å². The lowest BCUT2D eigenvalue weighted by atomic mass is 10.0. The Morgan fingerprint density at radius 1 is 1.35 bits per heavy atom. The second-order valence-electron chi connectivity index (χ2n) is 3.71. The number of ketones is 1. The highest BCUT2D eigenvalue weighted by Crippen LogP contribution is 2.28. The van der Waals surface area contributed by atoms with Crippen LogP contribution in [0.3, 0.4) is 0 Å². The van der Waals surface area contributed by atoms with Gasteiger partial charge in [0.1, 0.15) is 5.75 Å². The fourth-order valence-corrected chi connectivity index (χ4v) is 1.41. The highest BCUT2D eigenvalue weighted by atomic mass is 35.5. The molecule has 0 aliphatic rings. The highest BCUT2D eigenvalue weighted by Gasteiger charge is 2.31. The molecule has 0 unspecified atom stereocenters. The van der Waals surface area contributed by atoms with Gasteiger partial charge in [0, 0.05) is 11.5 Å². The molecule has 2 nitrogen and oxygen atoms in total. The Hall–Kier alpha value is -1.23. The Bertz CT molecular complexity index is 427. The Morgan fingerprint density at radius 3 is 2.41 bits per heavy atom. The number of ether oxygens (including phenoxy) is 1. The normalized spacial score (nSPS) is 11.7. The quantitative estimate of drug-likeness (QED) is 0.771. The number of halogens is 4. The van der Waals surface area contributed by atoms with Gasteiger partial charge in [-0.05, 0) is 18.2 Å². The standard InChI is InChI=1S/C11H10ClF3O2/c1-6(2)10(16)8-5-7(3-4-9(8)12)17-11(13,14)15/h3-6H,1-2H3. The van der Waals surface area contributed by atoms with Crippen LogP contribution in [0.1, 0.15) is 24.2 Å². The molecule has 1 aromatic carbocycles. The minimum absolute atomic E-state index is 0.0309. The molecule has 0 N–H and O–H groups in total. The van der Waals surface area contributed by atoms with Crippen molar-refractivity contribution in [1.29, 1.82) is 0 Å². The van der Waals surface area contributed by atoms with E-state index in [1.54, 1.807) is 13.8 Å². The molecule has 0 atom stereocenters. The van der Waals surface area contributed by atoms with Gasteiger partial charge in [-0.25, -0.2) is 0 Å². The zero-order valence-electron chi connectivity index (χ0n) is 9.14. The van der Waals surface area contributed by atoms with Crippen molar-refractivity contribution in [1.82, 2.24) is 0 Å². The average Bonchev–Trinajstić information content (AvgIpc) is 2.17. The molecule has 0 saturated carbocycles. The largest absolute Gasteiger partial charge is 0.573 e. The molecular formula is C11H10ClF3O2. The van der Waals surface area contributed by atoms with E-state index in [4.69, 9.17) is 11.6 Å². The highest BCUT2D eigenvalue weighted by molar-refractivity contribution is 6.34. The van der Waals surface area contributed by atoms with Crippen molar-refractivity contribution in [2.24, 2.45) is 5.92 Å². The number of hydrogen-bond donors (Lipinski definition) is 0. The zero-order valence-corrected chi connectivity index (χ0v) is 9.89.